The molecule has 2 heterocycles. The largest absolute Gasteiger partial charge is 0.371 e. The molecule has 2 fully saturated rings. The Labute approximate surface area is 209 Å². The summed E-state index contributed by atoms with van der Waals surface area (Å²) < 4.78 is 7.67. The van der Waals surface area contributed by atoms with E-state index in [1.165, 1.54) is 10.6 Å². The second-order valence-corrected chi connectivity index (χ2v) is 9.77. The molecular weight excluding hydrogens is 458 g/mol. The molecule has 36 heavy (non-hydrogen) atoms. The van der Waals surface area contributed by atoms with Crippen LogP contribution in [0.5, 0.6) is 0 Å². The highest BCUT2D eigenvalue weighted by molar-refractivity contribution is 6.03. The molecule has 0 aliphatic heterocycles. The summed E-state index contributed by atoms with van der Waals surface area (Å²) in [4.78, 5) is 26.1. The number of hydrogen-bond acceptors (Lipinski definition) is 7. The number of aromatic nitrogens is 4. The molecular formula is C26H33N7O3. The summed E-state index contributed by atoms with van der Waals surface area (Å²) in [6, 6.07) is 11.0. The summed E-state index contributed by atoms with van der Waals surface area (Å²) in [5.74, 6) is 1.78. The van der Waals surface area contributed by atoms with Crippen LogP contribution in [-0.2, 0) is 11.3 Å². The number of benzene rings is 1. The molecule has 0 amide bonds. The smallest absolute Gasteiger partial charge is 0.274 e. The second-order valence-electron chi connectivity index (χ2n) is 9.77. The lowest BCUT2D eigenvalue weighted by molar-refractivity contribution is -0.155. The first-order valence-electron chi connectivity index (χ1n) is 12.6. The minimum atomic E-state index is -0.983. The van der Waals surface area contributed by atoms with Crippen LogP contribution < -0.4 is 10.9 Å². The molecule has 3 aromatic rings. The molecule has 5 rings (SSSR count). The minimum absolute atomic E-state index is 0.0779. The van der Waals surface area contributed by atoms with Gasteiger partial charge in [0.25, 0.3) is 11.3 Å². The Kier molecular flexibility index (Phi) is 6.97. The van der Waals surface area contributed by atoms with Gasteiger partial charge in [0, 0.05) is 30.8 Å². The van der Waals surface area contributed by atoms with Gasteiger partial charge in [0.2, 0.25) is 0 Å². The number of aliphatic hydroxyl groups is 1. The maximum absolute atomic E-state index is 12.8. The molecule has 2 aliphatic carbocycles. The van der Waals surface area contributed by atoms with Crippen molar-refractivity contribution in [2.45, 2.75) is 69.8 Å². The molecule has 1 unspecified atom stereocenters. The van der Waals surface area contributed by atoms with Gasteiger partial charge in [0.15, 0.2) is 12.1 Å². The molecule has 190 valence electrons. The Morgan fingerprint density at radius 3 is 2.72 bits per heavy atom. The van der Waals surface area contributed by atoms with Gasteiger partial charge >= 0.3 is 0 Å². The average molecular weight is 492 g/mol. The first kappa shape index (κ1) is 24.3. The second kappa shape index (κ2) is 10.3. The fraction of sp³-hybridized carbons (Fsp3) is 0.500. The van der Waals surface area contributed by atoms with Crippen molar-refractivity contribution >= 4 is 17.3 Å². The topological polar surface area (TPSA) is 141 Å². The van der Waals surface area contributed by atoms with Crippen molar-refractivity contribution in [3.63, 3.8) is 0 Å². The number of rotatable bonds is 9. The van der Waals surface area contributed by atoms with Gasteiger partial charge in [-0.1, -0.05) is 49.6 Å². The van der Waals surface area contributed by atoms with E-state index in [0.29, 0.717) is 48.2 Å². The lowest BCUT2D eigenvalue weighted by atomic mass is 9.83. The van der Waals surface area contributed by atoms with E-state index in [1.807, 2.05) is 30.3 Å². The number of fused-ring (bicyclic) bond motifs is 1. The molecule has 4 N–H and O–H groups in total. The molecule has 2 aromatic heterocycles. The number of H-pyrrole nitrogens is 1. The first-order chi connectivity index (χ1) is 17.5. The first-order valence-corrected chi connectivity index (χ1v) is 12.6. The maximum atomic E-state index is 12.8. The number of nitrogens with one attached hydrogen (secondary N) is 3. The predicted molar refractivity (Wildman–Crippen MR) is 137 cm³/mol. The number of aliphatic hydroxyl groups excluding tert-OH is 1. The van der Waals surface area contributed by atoms with Crippen LogP contribution in [0.3, 0.4) is 0 Å². The van der Waals surface area contributed by atoms with Crippen molar-refractivity contribution in [1.29, 1.82) is 5.41 Å². The van der Waals surface area contributed by atoms with Crippen LogP contribution >= 0.6 is 0 Å². The normalized spacial score (nSPS) is 18.8. The third-order valence-corrected chi connectivity index (χ3v) is 7.14. The SMILES string of the molecule is CN=C(CC(=N)C1CC1)NC(O)C1(OCc2cc(=O)n3[nH]c(-c4ccccc4)nc3n2)CCCCC1. The van der Waals surface area contributed by atoms with Crippen molar-refractivity contribution < 1.29 is 9.84 Å². The number of aliphatic imine (C=N–C) groups is 1. The quantitative estimate of drug-likeness (QED) is 0.206. The van der Waals surface area contributed by atoms with Crippen molar-refractivity contribution in [3.8, 4) is 11.4 Å². The van der Waals surface area contributed by atoms with Crippen LogP contribution in [0.2, 0.25) is 0 Å². The predicted octanol–water partition coefficient (Wildman–Crippen LogP) is 3.06. The van der Waals surface area contributed by atoms with E-state index >= 15 is 0 Å². The number of hydrogen-bond donors (Lipinski definition) is 4. The molecule has 10 nitrogen and oxygen atoms in total. The standard InChI is InChI=1S/C26H33N7O3/c1-28-21(15-20(27)17-10-11-17)30-24(35)26(12-6-3-7-13-26)36-16-19-14-22(34)33-25(29-19)31-23(32-33)18-8-4-2-5-9-18/h2,4-5,8-9,14,17,24,27,35H,3,6-7,10-13,15-16H2,1H3,(H,28,30)(H,29,31,32). The Morgan fingerprint density at radius 1 is 1.28 bits per heavy atom. The zero-order valence-electron chi connectivity index (χ0n) is 20.5. The Morgan fingerprint density at radius 2 is 2.03 bits per heavy atom. The summed E-state index contributed by atoms with van der Waals surface area (Å²) in [6.07, 6.45) is 5.86. The van der Waals surface area contributed by atoms with E-state index in [-0.39, 0.29) is 17.9 Å². The van der Waals surface area contributed by atoms with Gasteiger partial charge < -0.3 is 20.6 Å². The molecule has 1 aromatic carbocycles. The highest BCUT2D eigenvalue weighted by Crippen LogP contribution is 2.35. The van der Waals surface area contributed by atoms with Crippen molar-refractivity contribution in [3.05, 3.63) is 52.4 Å². The summed E-state index contributed by atoms with van der Waals surface area (Å²) in [7, 11) is 1.67. The minimum Gasteiger partial charge on any atom is -0.371 e. The zero-order valence-corrected chi connectivity index (χ0v) is 20.5. The van der Waals surface area contributed by atoms with Crippen molar-refractivity contribution in [2.75, 3.05) is 7.05 Å². The van der Waals surface area contributed by atoms with E-state index in [4.69, 9.17) is 10.1 Å². The summed E-state index contributed by atoms with van der Waals surface area (Å²) in [5.41, 5.74) is 0.870. The van der Waals surface area contributed by atoms with E-state index in [9.17, 15) is 9.90 Å². The fourth-order valence-electron chi connectivity index (χ4n) is 4.83. The molecule has 0 radical (unpaired) electrons. The van der Waals surface area contributed by atoms with Crippen LogP contribution in [0.1, 0.15) is 57.1 Å². The van der Waals surface area contributed by atoms with Crippen LogP contribution in [-0.4, -0.2) is 55.1 Å². The van der Waals surface area contributed by atoms with E-state index < -0.39 is 11.8 Å². The van der Waals surface area contributed by atoms with Crippen molar-refractivity contribution in [2.24, 2.45) is 10.9 Å². The van der Waals surface area contributed by atoms with Crippen molar-refractivity contribution in [1.82, 2.24) is 24.9 Å². The van der Waals surface area contributed by atoms with E-state index in [2.05, 4.69) is 25.4 Å². The summed E-state index contributed by atoms with van der Waals surface area (Å²) in [6.45, 7) is 0.0779. The van der Waals surface area contributed by atoms with Crippen LogP contribution in [0.15, 0.2) is 46.2 Å². The van der Waals surface area contributed by atoms with E-state index in [1.54, 1.807) is 7.05 Å². The molecule has 10 heteroatoms. The van der Waals surface area contributed by atoms with Gasteiger partial charge in [-0.25, -0.2) is 4.98 Å². The molecule has 2 aliphatic rings. The van der Waals surface area contributed by atoms with Gasteiger partial charge in [-0.2, -0.15) is 9.50 Å². The number of amidine groups is 1. The number of aromatic amines is 1. The Hall–Kier alpha value is -3.37. The zero-order chi connectivity index (χ0) is 25.1. The summed E-state index contributed by atoms with van der Waals surface area (Å²) >= 11 is 0. The monoisotopic (exact) mass is 491 g/mol. The molecule has 0 spiro atoms. The highest BCUT2D eigenvalue weighted by atomic mass is 16.5. The molecule has 0 saturated heterocycles. The van der Waals surface area contributed by atoms with Gasteiger partial charge in [0.05, 0.1) is 12.3 Å². The average Bonchev–Trinajstić information content (AvgIpc) is 3.67. The summed E-state index contributed by atoms with van der Waals surface area (Å²) in [5, 5.41) is 25.6. The highest BCUT2D eigenvalue weighted by Gasteiger charge is 2.41. The van der Waals surface area contributed by atoms with Gasteiger partial charge in [-0.05, 0) is 31.6 Å². The van der Waals surface area contributed by atoms with Gasteiger partial charge in [-0.15, -0.1) is 0 Å². The Bertz CT molecular complexity index is 1300. The van der Waals surface area contributed by atoms with Crippen LogP contribution in [0.25, 0.3) is 17.2 Å². The molecule has 0 bridgehead atoms. The lowest BCUT2D eigenvalue weighted by Gasteiger charge is -2.41. The van der Waals surface area contributed by atoms with Gasteiger partial charge in [-0.3, -0.25) is 14.9 Å². The third-order valence-electron chi connectivity index (χ3n) is 7.14. The fourth-order valence-corrected chi connectivity index (χ4v) is 4.83. The maximum Gasteiger partial charge on any atom is 0.274 e. The van der Waals surface area contributed by atoms with Gasteiger partial charge in [0.1, 0.15) is 11.4 Å². The number of nitrogens with zero attached hydrogens (tertiary/aromatic N) is 4. The molecule has 1 atom stereocenters. The number of ether oxygens (including phenoxy) is 1. The van der Waals surface area contributed by atoms with Crippen LogP contribution in [0.4, 0.5) is 0 Å². The lowest BCUT2D eigenvalue weighted by Crippen LogP contribution is -2.55. The Balaban J connectivity index is 1.32. The van der Waals surface area contributed by atoms with E-state index in [0.717, 1.165) is 37.7 Å². The third kappa shape index (κ3) is 5.24. The molecule has 2 saturated carbocycles. The van der Waals surface area contributed by atoms with Crippen LogP contribution in [0, 0.1) is 11.3 Å².